The van der Waals surface area contributed by atoms with Crippen LogP contribution in [0.3, 0.4) is 0 Å². The van der Waals surface area contributed by atoms with E-state index in [1.165, 1.54) is 4.68 Å². The Morgan fingerprint density at radius 1 is 1.13 bits per heavy atom. The lowest BCUT2D eigenvalue weighted by atomic mass is 9.83. The van der Waals surface area contributed by atoms with Gasteiger partial charge in [0.15, 0.2) is 11.4 Å². The van der Waals surface area contributed by atoms with Gasteiger partial charge in [0, 0.05) is 23.2 Å². The molecular weight excluding hydrogens is 480 g/mol. The zero-order chi connectivity index (χ0) is 26.3. The Hall–Kier alpha value is -4.27. The first kappa shape index (κ1) is 24.1. The number of rotatable bonds is 9. The van der Waals surface area contributed by atoms with E-state index in [9.17, 15) is 14.7 Å². The van der Waals surface area contributed by atoms with Crippen LogP contribution >= 0.6 is 0 Å². The Morgan fingerprint density at radius 3 is 2.58 bits per heavy atom. The summed E-state index contributed by atoms with van der Waals surface area (Å²) in [5, 5.41) is 24.5. The molecule has 2 bridgehead atoms. The number of allylic oxidation sites excluding steroid dienone is 1. The summed E-state index contributed by atoms with van der Waals surface area (Å²) in [4.78, 5) is 26.3. The molecule has 0 saturated carbocycles. The molecule has 2 atom stereocenters. The molecular formula is C29H30N6O3. The first-order valence-corrected chi connectivity index (χ1v) is 13.2. The summed E-state index contributed by atoms with van der Waals surface area (Å²) in [6.45, 7) is 2.16. The lowest BCUT2D eigenvalue weighted by Crippen LogP contribution is -2.54. The number of fused-ring (bicyclic) bond motifs is 1. The standard InChI is InChI=1S/C29H30N6O3/c1-2-3-4-9-25-24(27(36)35-29(28(37)38)16-14-21(15-17-29)34(25)35)18-19-10-12-20(13-11-19)22-7-5-6-8-23(22)26-30-32-33-31-26/h5-8,10-14,16,21H,2-4,9,15,17-18H2,1H3,(H,37,38)(H,30,31,32,33). The number of aliphatic carboxylic acids is 1. The first-order chi connectivity index (χ1) is 18.5. The Morgan fingerprint density at radius 2 is 1.92 bits per heavy atom. The Labute approximate surface area is 219 Å². The molecule has 4 heterocycles. The van der Waals surface area contributed by atoms with Crippen LogP contribution < -0.4 is 5.56 Å². The molecule has 2 unspecified atom stereocenters. The maximum Gasteiger partial charge on any atom is 0.335 e. The molecule has 0 spiro atoms. The Balaban J connectivity index is 1.38. The number of hydrogen-bond donors (Lipinski definition) is 2. The number of benzene rings is 2. The highest BCUT2D eigenvalue weighted by Crippen LogP contribution is 2.42. The normalized spacial score (nSPS) is 19.6. The molecule has 0 radical (unpaired) electrons. The van der Waals surface area contributed by atoms with Gasteiger partial charge in [0.1, 0.15) is 0 Å². The molecule has 0 fully saturated rings. The maximum atomic E-state index is 13.9. The third-order valence-electron chi connectivity index (χ3n) is 7.96. The molecule has 2 aromatic carbocycles. The van der Waals surface area contributed by atoms with Crippen LogP contribution in [-0.2, 0) is 23.2 Å². The second kappa shape index (κ2) is 9.55. The monoisotopic (exact) mass is 510 g/mol. The Bertz CT molecular complexity index is 1560. The van der Waals surface area contributed by atoms with Crippen LogP contribution in [-0.4, -0.2) is 41.1 Å². The van der Waals surface area contributed by atoms with Crippen molar-refractivity contribution in [3.63, 3.8) is 0 Å². The van der Waals surface area contributed by atoms with Gasteiger partial charge < -0.3 is 5.11 Å². The smallest absolute Gasteiger partial charge is 0.335 e. The van der Waals surface area contributed by atoms with Crippen molar-refractivity contribution in [3.05, 3.63) is 87.9 Å². The van der Waals surface area contributed by atoms with Gasteiger partial charge in [-0.05, 0) is 58.9 Å². The lowest BCUT2D eigenvalue weighted by molar-refractivity contribution is -0.148. The van der Waals surface area contributed by atoms with E-state index in [4.69, 9.17) is 0 Å². The van der Waals surface area contributed by atoms with Crippen LogP contribution in [0.15, 0.2) is 65.5 Å². The molecule has 9 heteroatoms. The fraction of sp³-hybridized carbons (Fsp3) is 0.345. The minimum atomic E-state index is -1.30. The molecule has 7 rings (SSSR count). The summed E-state index contributed by atoms with van der Waals surface area (Å²) < 4.78 is 3.54. The number of unbranched alkanes of at least 4 members (excludes halogenated alkanes) is 2. The molecule has 2 N–H and O–H groups in total. The predicted octanol–water partition coefficient (Wildman–Crippen LogP) is 4.51. The molecule has 4 aromatic rings. The highest BCUT2D eigenvalue weighted by molar-refractivity contribution is 5.81. The number of hydrogen-bond acceptors (Lipinski definition) is 5. The van der Waals surface area contributed by atoms with Crippen molar-refractivity contribution in [2.75, 3.05) is 0 Å². The summed E-state index contributed by atoms with van der Waals surface area (Å²) in [6, 6.07) is 16.1. The molecule has 2 aromatic heterocycles. The molecule has 194 valence electrons. The van der Waals surface area contributed by atoms with Crippen molar-refractivity contribution in [2.24, 2.45) is 0 Å². The maximum absolute atomic E-state index is 13.9. The Kier molecular flexibility index (Phi) is 6.06. The second-order valence-electron chi connectivity index (χ2n) is 10.2. The van der Waals surface area contributed by atoms with E-state index in [0.717, 1.165) is 60.1 Å². The van der Waals surface area contributed by atoms with E-state index in [1.54, 1.807) is 6.08 Å². The van der Waals surface area contributed by atoms with Crippen molar-refractivity contribution < 1.29 is 9.90 Å². The van der Waals surface area contributed by atoms with Crippen molar-refractivity contribution in [1.82, 2.24) is 30.0 Å². The summed E-state index contributed by atoms with van der Waals surface area (Å²) in [6.07, 6.45) is 9.21. The van der Waals surface area contributed by atoms with Crippen LogP contribution in [0.25, 0.3) is 22.5 Å². The van der Waals surface area contributed by atoms with Gasteiger partial charge in [-0.1, -0.05) is 74.4 Å². The van der Waals surface area contributed by atoms with Crippen molar-refractivity contribution in [2.45, 2.75) is 63.5 Å². The number of carbonyl (C=O) groups is 1. The number of nitrogens with one attached hydrogen (secondary N) is 1. The van der Waals surface area contributed by atoms with E-state index < -0.39 is 11.5 Å². The number of carboxylic acids is 1. The molecule has 38 heavy (non-hydrogen) atoms. The minimum absolute atomic E-state index is 0.0266. The van der Waals surface area contributed by atoms with Crippen LogP contribution in [0.5, 0.6) is 0 Å². The zero-order valence-electron chi connectivity index (χ0n) is 21.3. The average molecular weight is 511 g/mol. The molecule has 0 amide bonds. The van der Waals surface area contributed by atoms with E-state index in [1.807, 2.05) is 59.3 Å². The van der Waals surface area contributed by atoms with Crippen LogP contribution in [0.4, 0.5) is 0 Å². The van der Waals surface area contributed by atoms with Crippen LogP contribution in [0, 0.1) is 0 Å². The average Bonchev–Trinajstić information content (AvgIpc) is 3.59. The minimum Gasteiger partial charge on any atom is -0.479 e. The van der Waals surface area contributed by atoms with Gasteiger partial charge in [-0.15, -0.1) is 5.10 Å². The van der Waals surface area contributed by atoms with E-state index >= 15 is 0 Å². The predicted molar refractivity (Wildman–Crippen MR) is 143 cm³/mol. The van der Waals surface area contributed by atoms with Crippen LogP contribution in [0.1, 0.15) is 61.9 Å². The van der Waals surface area contributed by atoms with Crippen LogP contribution in [0.2, 0.25) is 0 Å². The number of tetrazole rings is 1. The molecule has 9 nitrogen and oxygen atoms in total. The van der Waals surface area contributed by atoms with Gasteiger partial charge >= 0.3 is 5.97 Å². The molecule has 0 saturated heterocycles. The summed E-state index contributed by atoms with van der Waals surface area (Å²) in [7, 11) is 0. The number of H-pyrrole nitrogens is 1. The van der Waals surface area contributed by atoms with Gasteiger partial charge in [-0.2, -0.15) is 0 Å². The quantitative estimate of drug-likeness (QED) is 0.253. The topological polar surface area (TPSA) is 119 Å². The SMILES string of the molecule is CCCCCc1c(Cc2ccc(-c3ccccc3-c3nnn[nH]3)cc2)c(=O)n2n1C1C=CC2(C(=O)O)CC1. The van der Waals surface area contributed by atoms with Gasteiger partial charge in [-0.3, -0.25) is 9.48 Å². The van der Waals surface area contributed by atoms with Gasteiger partial charge in [-0.25, -0.2) is 14.6 Å². The van der Waals surface area contributed by atoms with E-state index in [0.29, 0.717) is 24.2 Å². The van der Waals surface area contributed by atoms with E-state index in [-0.39, 0.29) is 11.6 Å². The summed E-state index contributed by atoms with van der Waals surface area (Å²) in [5.74, 6) is -0.367. The van der Waals surface area contributed by atoms with Gasteiger partial charge in [0.05, 0.1) is 6.04 Å². The second-order valence-corrected chi connectivity index (χ2v) is 10.2. The number of nitrogens with zero attached hydrogens (tertiary/aromatic N) is 5. The molecule has 2 aliphatic heterocycles. The highest BCUT2D eigenvalue weighted by Gasteiger charge is 2.49. The van der Waals surface area contributed by atoms with E-state index in [2.05, 4.69) is 27.5 Å². The van der Waals surface area contributed by atoms with Crippen molar-refractivity contribution in [1.29, 1.82) is 0 Å². The highest BCUT2D eigenvalue weighted by atomic mass is 16.4. The fourth-order valence-electron chi connectivity index (χ4n) is 6.00. The van der Waals surface area contributed by atoms with Crippen molar-refractivity contribution >= 4 is 5.97 Å². The fourth-order valence-corrected chi connectivity index (χ4v) is 6.00. The zero-order valence-corrected chi connectivity index (χ0v) is 21.3. The largest absolute Gasteiger partial charge is 0.479 e. The first-order valence-electron chi connectivity index (χ1n) is 13.2. The number of aromatic amines is 1. The summed E-state index contributed by atoms with van der Waals surface area (Å²) >= 11 is 0. The van der Waals surface area contributed by atoms with Gasteiger partial charge in [0.2, 0.25) is 0 Å². The van der Waals surface area contributed by atoms with Crippen molar-refractivity contribution in [3.8, 4) is 22.5 Å². The molecule has 1 aliphatic carbocycles. The van der Waals surface area contributed by atoms with Gasteiger partial charge in [0.25, 0.3) is 5.56 Å². The summed E-state index contributed by atoms with van der Waals surface area (Å²) in [5.41, 5.74) is 4.15. The number of aromatic nitrogens is 6. The lowest BCUT2D eigenvalue weighted by Gasteiger charge is -2.42. The third-order valence-corrected chi connectivity index (χ3v) is 7.96. The third kappa shape index (κ3) is 3.81. The molecule has 3 aliphatic rings. The number of carboxylic acid groups (broad SMARTS) is 1.